The number of hydrogen-bond acceptors (Lipinski definition) is 8. The number of nitrogens with one attached hydrogen (secondary N) is 3. The summed E-state index contributed by atoms with van der Waals surface area (Å²) < 4.78 is 10.6. The van der Waals surface area contributed by atoms with Crippen molar-refractivity contribution in [1.82, 2.24) is 16.0 Å². The normalized spacial score (nSPS) is 14.7. The van der Waals surface area contributed by atoms with Crippen molar-refractivity contribution >= 4 is 23.8 Å². The number of hydrogen-bond donors (Lipinski definition) is 5. The van der Waals surface area contributed by atoms with Crippen LogP contribution in [0.4, 0.5) is 4.79 Å². The average molecular weight is 493 g/mol. The van der Waals surface area contributed by atoms with Crippen LogP contribution in [0.15, 0.2) is 23.2 Å². The second kappa shape index (κ2) is 13.4. The molecule has 0 saturated heterocycles. The van der Waals surface area contributed by atoms with Crippen LogP contribution in [0.1, 0.15) is 56.8 Å². The standard InChI is InChI=1S/C24H36N4O7/c1-24(2,3)15-35-23(33)28-18(22(31)32)14-27-21(30)17-9-8-16(13-19(17)29)34-12-11-26-20-7-5-4-6-10-25-20/h8-9,13,18,29H,4-7,10-12,14-15H2,1-3H3,(H,25,26)(H,27,30)(H,28,33)(H,31,32)/t18-/m0/s1. The predicted molar refractivity (Wildman–Crippen MR) is 130 cm³/mol. The maximum absolute atomic E-state index is 12.4. The number of rotatable bonds is 10. The molecule has 0 aromatic heterocycles. The van der Waals surface area contributed by atoms with E-state index in [2.05, 4.69) is 20.9 Å². The molecule has 35 heavy (non-hydrogen) atoms. The number of alkyl carbamates (subject to hydrolysis) is 1. The fraction of sp³-hybridized carbons (Fsp3) is 0.583. The molecular weight excluding hydrogens is 456 g/mol. The molecule has 11 heteroatoms. The highest BCUT2D eigenvalue weighted by Gasteiger charge is 2.23. The molecule has 0 saturated carbocycles. The molecule has 1 aromatic carbocycles. The van der Waals surface area contributed by atoms with E-state index >= 15 is 0 Å². The second-order valence-electron chi connectivity index (χ2n) is 9.48. The lowest BCUT2D eigenvalue weighted by Gasteiger charge is -2.20. The summed E-state index contributed by atoms with van der Waals surface area (Å²) in [4.78, 5) is 40.2. The molecular formula is C24H36N4O7. The van der Waals surface area contributed by atoms with E-state index in [0.29, 0.717) is 18.9 Å². The lowest BCUT2D eigenvalue weighted by Crippen LogP contribution is -2.48. The number of aromatic hydroxyl groups is 1. The number of amides is 2. The van der Waals surface area contributed by atoms with Gasteiger partial charge in [0, 0.05) is 25.6 Å². The van der Waals surface area contributed by atoms with Gasteiger partial charge in [0.15, 0.2) is 0 Å². The third-order valence-corrected chi connectivity index (χ3v) is 4.98. The zero-order valence-corrected chi connectivity index (χ0v) is 20.6. The van der Waals surface area contributed by atoms with Crippen LogP contribution in [0.25, 0.3) is 0 Å². The van der Waals surface area contributed by atoms with Gasteiger partial charge < -0.3 is 35.6 Å². The van der Waals surface area contributed by atoms with Crippen LogP contribution in [0.5, 0.6) is 11.5 Å². The summed E-state index contributed by atoms with van der Waals surface area (Å²) in [6.07, 6.45) is 3.45. The van der Waals surface area contributed by atoms with Gasteiger partial charge in [-0.3, -0.25) is 9.79 Å². The van der Waals surface area contributed by atoms with E-state index < -0.39 is 30.6 Å². The zero-order chi connectivity index (χ0) is 25.8. The number of aliphatic imine (C=N–C) groups is 1. The number of nitrogens with zero attached hydrogens (tertiary/aromatic N) is 1. The van der Waals surface area contributed by atoms with Gasteiger partial charge in [0.2, 0.25) is 0 Å². The minimum Gasteiger partial charge on any atom is -0.507 e. The number of carbonyl (C=O) groups excluding carboxylic acids is 2. The molecule has 0 radical (unpaired) electrons. The molecule has 5 N–H and O–H groups in total. The molecule has 1 atom stereocenters. The Balaban J connectivity index is 1.81. The number of carboxylic acid groups (broad SMARTS) is 1. The molecule has 2 amide bonds. The molecule has 0 spiro atoms. The minimum absolute atomic E-state index is 0.0530. The van der Waals surface area contributed by atoms with Gasteiger partial charge in [0.25, 0.3) is 5.91 Å². The first-order valence-corrected chi connectivity index (χ1v) is 11.7. The Morgan fingerprint density at radius 1 is 1.17 bits per heavy atom. The van der Waals surface area contributed by atoms with E-state index in [9.17, 15) is 24.6 Å². The number of carbonyl (C=O) groups is 3. The minimum atomic E-state index is -1.40. The molecule has 0 fully saturated rings. The number of phenolic OH excluding ortho intramolecular Hbond substituents is 1. The van der Waals surface area contributed by atoms with Crippen LogP contribution >= 0.6 is 0 Å². The van der Waals surface area contributed by atoms with Crippen molar-refractivity contribution in [3.8, 4) is 11.5 Å². The Morgan fingerprint density at radius 2 is 1.94 bits per heavy atom. The van der Waals surface area contributed by atoms with Crippen LogP contribution in [0.2, 0.25) is 0 Å². The van der Waals surface area contributed by atoms with Crippen molar-refractivity contribution in [2.75, 3.05) is 32.8 Å². The zero-order valence-electron chi connectivity index (χ0n) is 20.6. The van der Waals surface area contributed by atoms with Gasteiger partial charge in [-0.2, -0.15) is 0 Å². The van der Waals surface area contributed by atoms with Crippen molar-refractivity contribution in [2.45, 2.75) is 52.5 Å². The van der Waals surface area contributed by atoms with E-state index in [4.69, 9.17) is 9.47 Å². The van der Waals surface area contributed by atoms with Gasteiger partial charge in [-0.25, -0.2) is 9.59 Å². The fourth-order valence-corrected chi connectivity index (χ4v) is 3.13. The van der Waals surface area contributed by atoms with Gasteiger partial charge in [-0.05, 0) is 30.4 Å². The molecule has 1 aliphatic rings. The maximum atomic E-state index is 12.4. The fourth-order valence-electron chi connectivity index (χ4n) is 3.13. The van der Waals surface area contributed by atoms with E-state index in [1.807, 2.05) is 20.8 Å². The number of phenols is 1. The van der Waals surface area contributed by atoms with Gasteiger partial charge in [-0.15, -0.1) is 0 Å². The van der Waals surface area contributed by atoms with E-state index in [1.54, 1.807) is 0 Å². The molecule has 0 unspecified atom stereocenters. The Morgan fingerprint density at radius 3 is 2.63 bits per heavy atom. The third kappa shape index (κ3) is 10.5. The highest BCUT2D eigenvalue weighted by molar-refractivity contribution is 5.97. The topological polar surface area (TPSA) is 159 Å². The number of amidine groups is 1. The van der Waals surface area contributed by atoms with E-state index in [0.717, 1.165) is 31.6 Å². The van der Waals surface area contributed by atoms with Crippen molar-refractivity contribution in [3.05, 3.63) is 23.8 Å². The van der Waals surface area contributed by atoms with Crippen molar-refractivity contribution in [1.29, 1.82) is 0 Å². The summed E-state index contributed by atoms with van der Waals surface area (Å²) >= 11 is 0. The Hall–Kier alpha value is -3.50. The summed E-state index contributed by atoms with van der Waals surface area (Å²) in [7, 11) is 0. The lowest BCUT2D eigenvalue weighted by atomic mass is 9.99. The van der Waals surface area contributed by atoms with Crippen molar-refractivity contribution < 1.29 is 34.1 Å². The Labute approximate surface area is 205 Å². The van der Waals surface area contributed by atoms with Gasteiger partial charge in [0.05, 0.1) is 24.6 Å². The van der Waals surface area contributed by atoms with Crippen LogP contribution in [-0.4, -0.2) is 72.9 Å². The maximum Gasteiger partial charge on any atom is 0.407 e. The molecule has 11 nitrogen and oxygen atoms in total. The SMILES string of the molecule is CC(C)(C)COC(=O)N[C@@H](CNC(=O)c1ccc(OCCNC2=NCCCCC2)cc1O)C(=O)O. The summed E-state index contributed by atoms with van der Waals surface area (Å²) in [6, 6.07) is 2.83. The van der Waals surface area contributed by atoms with Crippen LogP contribution in [-0.2, 0) is 9.53 Å². The highest BCUT2D eigenvalue weighted by atomic mass is 16.5. The smallest absolute Gasteiger partial charge is 0.407 e. The van der Waals surface area contributed by atoms with E-state index in [1.165, 1.54) is 24.6 Å². The first-order valence-electron chi connectivity index (χ1n) is 11.7. The number of aliphatic carboxylic acids is 1. The quantitative estimate of drug-likeness (QED) is 0.311. The lowest BCUT2D eigenvalue weighted by molar-refractivity contribution is -0.139. The number of benzene rings is 1. The van der Waals surface area contributed by atoms with Gasteiger partial charge >= 0.3 is 12.1 Å². The molecule has 1 heterocycles. The molecule has 194 valence electrons. The van der Waals surface area contributed by atoms with Crippen molar-refractivity contribution in [2.24, 2.45) is 10.4 Å². The second-order valence-corrected chi connectivity index (χ2v) is 9.48. The van der Waals surface area contributed by atoms with Crippen LogP contribution in [0.3, 0.4) is 0 Å². The first-order chi connectivity index (χ1) is 16.5. The summed E-state index contributed by atoms with van der Waals surface area (Å²) in [5.74, 6) is -0.981. The molecule has 1 aliphatic heterocycles. The highest BCUT2D eigenvalue weighted by Crippen LogP contribution is 2.23. The third-order valence-electron chi connectivity index (χ3n) is 4.98. The van der Waals surface area contributed by atoms with Gasteiger partial charge in [-0.1, -0.05) is 27.2 Å². The molecule has 0 bridgehead atoms. The van der Waals surface area contributed by atoms with Crippen LogP contribution < -0.4 is 20.7 Å². The summed E-state index contributed by atoms with van der Waals surface area (Å²) in [6.45, 7) is 7.04. The first kappa shape index (κ1) is 27.7. The largest absolute Gasteiger partial charge is 0.507 e. The summed E-state index contributed by atoms with van der Waals surface area (Å²) in [5, 5.41) is 27.4. The van der Waals surface area contributed by atoms with Crippen molar-refractivity contribution in [3.63, 3.8) is 0 Å². The van der Waals surface area contributed by atoms with E-state index in [-0.39, 0.29) is 23.3 Å². The summed E-state index contributed by atoms with van der Waals surface area (Å²) in [5.41, 5.74) is -0.333. The number of ether oxygens (including phenoxy) is 2. The number of carboxylic acids is 1. The Kier molecular flexibility index (Phi) is 10.6. The molecule has 0 aliphatic carbocycles. The average Bonchev–Trinajstić information content (AvgIpc) is 3.06. The monoisotopic (exact) mass is 492 g/mol. The van der Waals surface area contributed by atoms with Gasteiger partial charge in [0.1, 0.15) is 24.1 Å². The van der Waals surface area contributed by atoms with Crippen LogP contribution in [0, 0.1) is 5.41 Å². The Bertz CT molecular complexity index is 912. The molecule has 2 rings (SSSR count). The predicted octanol–water partition coefficient (Wildman–Crippen LogP) is 2.29. The molecule has 1 aromatic rings.